The molecule has 1 aromatic carbocycles. The number of aliphatic hydroxyl groups is 3. The van der Waals surface area contributed by atoms with E-state index in [2.05, 4.69) is 5.32 Å². The molecule has 5 atom stereocenters. The van der Waals surface area contributed by atoms with Crippen LogP contribution in [0.2, 0.25) is 0 Å². The molecule has 0 aliphatic carbocycles. The number of hydrogen-bond acceptors (Lipinski definition) is 6. The molecule has 1 heterocycles. The van der Waals surface area contributed by atoms with E-state index < -0.39 is 37.3 Å². The van der Waals surface area contributed by atoms with Crippen molar-refractivity contribution in [3.63, 3.8) is 0 Å². The van der Waals surface area contributed by atoms with Gasteiger partial charge in [-0.25, -0.2) is 0 Å². The van der Waals surface area contributed by atoms with E-state index >= 15 is 0 Å². The second-order valence-electron chi connectivity index (χ2n) is 4.81. The number of amides is 1. The van der Waals surface area contributed by atoms with Gasteiger partial charge in [-0.05, 0) is 12.1 Å². The van der Waals surface area contributed by atoms with Gasteiger partial charge in [0.1, 0.15) is 24.4 Å². The van der Waals surface area contributed by atoms with E-state index in [0.717, 1.165) is 0 Å². The van der Waals surface area contributed by atoms with Gasteiger partial charge in [-0.3, -0.25) is 4.79 Å². The molecule has 116 valence electrons. The maximum absolute atomic E-state index is 12.1. The van der Waals surface area contributed by atoms with Crippen molar-refractivity contribution in [3.8, 4) is 0 Å². The van der Waals surface area contributed by atoms with Gasteiger partial charge in [0.2, 0.25) is 0 Å². The second kappa shape index (κ2) is 6.97. The SMILES string of the molecule is CO[C@@H]1[C@@H](NC(=O)c2ccccc2)[C@H](O)O[C@@H]1[C@H](O)CO. The Hall–Kier alpha value is -1.51. The van der Waals surface area contributed by atoms with E-state index in [9.17, 15) is 15.0 Å². The maximum atomic E-state index is 12.1. The third-order valence-corrected chi connectivity index (χ3v) is 3.45. The number of nitrogens with one attached hydrogen (secondary N) is 1. The van der Waals surface area contributed by atoms with E-state index in [0.29, 0.717) is 5.56 Å². The molecule has 0 aromatic heterocycles. The Balaban J connectivity index is 2.09. The number of benzene rings is 1. The predicted octanol–water partition coefficient (Wildman–Crippen LogP) is -1.13. The first-order chi connectivity index (χ1) is 10.1. The summed E-state index contributed by atoms with van der Waals surface area (Å²) in [6, 6.07) is 7.67. The summed E-state index contributed by atoms with van der Waals surface area (Å²) in [5.74, 6) is -0.385. The van der Waals surface area contributed by atoms with Crippen molar-refractivity contribution in [2.75, 3.05) is 13.7 Å². The zero-order valence-electron chi connectivity index (χ0n) is 11.5. The Morgan fingerprint density at radius 3 is 2.67 bits per heavy atom. The lowest BCUT2D eigenvalue weighted by Gasteiger charge is -2.24. The summed E-state index contributed by atoms with van der Waals surface area (Å²) in [7, 11) is 1.38. The quantitative estimate of drug-likeness (QED) is 0.548. The van der Waals surface area contributed by atoms with Crippen LogP contribution in [0.3, 0.4) is 0 Å². The highest BCUT2D eigenvalue weighted by atomic mass is 16.6. The van der Waals surface area contributed by atoms with Gasteiger partial charge in [-0.1, -0.05) is 18.2 Å². The molecule has 1 aromatic rings. The maximum Gasteiger partial charge on any atom is 0.251 e. The van der Waals surface area contributed by atoms with E-state index in [4.69, 9.17) is 14.6 Å². The van der Waals surface area contributed by atoms with Crippen LogP contribution in [0.4, 0.5) is 0 Å². The molecular weight excluding hydrogens is 278 g/mol. The van der Waals surface area contributed by atoms with Crippen LogP contribution in [0, 0.1) is 0 Å². The van der Waals surface area contributed by atoms with Gasteiger partial charge in [0.25, 0.3) is 5.91 Å². The van der Waals surface area contributed by atoms with Crippen molar-refractivity contribution in [2.24, 2.45) is 0 Å². The molecule has 21 heavy (non-hydrogen) atoms. The summed E-state index contributed by atoms with van der Waals surface area (Å²) in [5, 5.41) is 31.2. The second-order valence-corrected chi connectivity index (χ2v) is 4.81. The predicted molar refractivity (Wildman–Crippen MR) is 72.5 cm³/mol. The highest BCUT2D eigenvalue weighted by Crippen LogP contribution is 2.25. The van der Waals surface area contributed by atoms with Crippen molar-refractivity contribution in [1.29, 1.82) is 0 Å². The first-order valence-corrected chi connectivity index (χ1v) is 6.59. The average molecular weight is 297 g/mol. The minimum atomic E-state index is -1.33. The Bertz CT molecular complexity index is 468. The van der Waals surface area contributed by atoms with Gasteiger partial charge >= 0.3 is 0 Å². The number of ether oxygens (including phenoxy) is 2. The van der Waals surface area contributed by atoms with Crippen LogP contribution in [0.1, 0.15) is 10.4 Å². The van der Waals surface area contributed by atoms with Crippen LogP contribution >= 0.6 is 0 Å². The van der Waals surface area contributed by atoms with E-state index in [-0.39, 0.29) is 5.91 Å². The van der Waals surface area contributed by atoms with Crippen molar-refractivity contribution in [3.05, 3.63) is 35.9 Å². The Labute approximate surface area is 122 Å². The molecular formula is C14H19NO6. The van der Waals surface area contributed by atoms with Crippen molar-refractivity contribution < 1.29 is 29.6 Å². The summed E-state index contributed by atoms with van der Waals surface area (Å²) in [6.07, 6.45) is -4.22. The average Bonchev–Trinajstić information content (AvgIpc) is 2.83. The molecule has 1 saturated heterocycles. The molecule has 0 bridgehead atoms. The lowest BCUT2D eigenvalue weighted by Crippen LogP contribution is -2.50. The van der Waals surface area contributed by atoms with Gasteiger partial charge in [-0.15, -0.1) is 0 Å². The topological polar surface area (TPSA) is 108 Å². The zero-order chi connectivity index (χ0) is 15.4. The summed E-state index contributed by atoms with van der Waals surface area (Å²) < 4.78 is 10.4. The minimum Gasteiger partial charge on any atom is -0.394 e. The number of rotatable bonds is 5. The van der Waals surface area contributed by atoms with Gasteiger partial charge < -0.3 is 30.1 Å². The fourth-order valence-corrected chi connectivity index (χ4v) is 2.36. The summed E-state index contributed by atoms with van der Waals surface area (Å²) >= 11 is 0. The normalized spacial score (nSPS) is 30.1. The molecule has 1 amide bonds. The standard InChI is InChI=1S/C14H19NO6/c1-20-12-10(14(19)21-11(12)9(17)7-16)15-13(18)8-5-3-2-4-6-8/h2-6,9-12,14,16-17,19H,7H2,1H3,(H,15,18)/t9-,10-,11-,12-,14-/m1/s1. The van der Waals surface area contributed by atoms with Crippen molar-refractivity contribution in [1.82, 2.24) is 5.32 Å². The molecule has 7 nitrogen and oxygen atoms in total. The monoisotopic (exact) mass is 297 g/mol. The van der Waals surface area contributed by atoms with Gasteiger partial charge in [0.15, 0.2) is 6.29 Å². The molecule has 0 spiro atoms. The van der Waals surface area contributed by atoms with Crippen molar-refractivity contribution in [2.45, 2.75) is 30.6 Å². The number of aliphatic hydroxyl groups excluding tert-OH is 3. The molecule has 1 aliphatic rings. The summed E-state index contributed by atoms with van der Waals surface area (Å²) in [4.78, 5) is 12.1. The lowest BCUT2D eigenvalue weighted by atomic mass is 10.0. The Morgan fingerprint density at radius 1 is 1.43 bits per heavy atom. The van der Waals surface area contributed by atoms with Crippen LogP contribution in [0.15, 0.2) is 30.3 Å². The van der Waals surface area contributed by atoms with Crippen LogP contribution < -0.4 is 5.32 Å². The largest absolute Gasteiger partial charge is 0.394 e. The fraction of sp³-hybridized carbons (Fsp3) is 0.500. The van der Waals surface area contributed by atoms with Crippen LogP contribution in [0.5, 0.6) is 0 Å². The van der Waals surface area contributed by atoms with Gasteiger partial charge in [0.05, 0.1) is 6.61 Å². The van der Waals surface area contributed by atoms with Gasteiger partial charge in [0, 0.05) is 12.7 Å². The lowest BCUT2D eigenvalue weighted by molar-refractivity contribution is -0.141. The molecule has 2 rings (SSSR count). The Kier molecular flexibility index (Phi) is 5.27. The number of carbonyl (C=O) groups excluding carboxylic acids is 1. The van der Waals surface area contributed by atoms with E-state index in [1.807, 2.05) is 0 Å². The van der Waals surface area contributed by atoms with Gasteiger partial charge in [-0.2, -0.15) is 0 Å². The molecule has 1 fully saturated rings. The first-order valence-electron chi connectivity index (χ1n) is 6.59. The summed E-state index contributed by atoms with van der Waals surface area (Å²) in [6.45, 7) is -0.531. The number of carbonyl (C=O) groups is 1. The van der Waals surface area contributed by atoms with Crippen molar-refractivity contribution >= 4 is 5.91 Å². The summed E-state index contributed by atoms with van der Waals surface area (Å²) in [5.41, 5.74) is 0.436. The third-order valence-electron chi connectivity index (χ3n) is 3.45. The molecule has 0 unspecified atom stereocenters. The minimum absolute atomic E-state index is 0.385. The zero-order valence-corrected chi connectivity index (χ0v) is 11.5. The highest BCUT2D eigenvalue weighted by Gasteiger charge is 2.47. The Morgan fingerprint density at radius 2 is 2.10 bits per heavy atom. The number of hydrogen-bond donors (Lipinski definition) is 4. The molecule has 0 radical (unpaired) electrons. The molecule has 7 heteroatoms. The van der Waals surface area contributed by atoms with E-state index in [1.165, 1.54) is 7.11 Å². The smallest absolute Gasteiger partial charge is 0.251 e. The molecule has 1 aliphatic heterocycles. The van der Waals surface area contributed by atoms with E-state index in [1.54, 1.807) is 30.3 Å². The highest BCUT2D eigenvalue weighted by molar-refractivity contribution is 5.94. The fourth-order valence-electron chi connectivity index (χ4n) is 2.36. The number of methoxy groups -OCH3 is 1. The van der Waals surface area contributed by atoms with Crippen LogP contribution in [-0.4, -0.2) is 65.6 Å². The third kappa shape index (κ3) is 3.39. The van der Waals surface area contributed by atoms with Crippen LogP contribution in [0.25, 0.3) is 0 Å². The first kappa shape index (κ1) is 15.9. The van der Waals surface area contributed by atoms with Crippen LogP contribution in [-0.2, 0) is 9.47 Å². The molecule has 0 saturated carbocycles. The molecule has 4 N–H and O–H groups in total.